The molecule has 0 bridgehead atoms. The van der Waals surface area contributed by atoms with Gasteiger partial charge in [-0.15, -0.1) is 0 Å². The fourth-order valence-electron chi connectivity index (χ4n) is 0.616. The van der Waals surface area contributed by atoms with E-state index in [1.807, 2.05) is 6.07 Å². The van der Waals surface area contributed by atoms with Crippen molar-refractivity contribution in [2.24, 2.45) is 0 Å². The fourth-order valence-corrected chi connectivity index (χ4v) is 0.616. The zero-order chi connectivity index (χ0) is 6.69. The van der Waals surface area contributed by atoms with Crippen molar-refractivity contribution >= 4 is 0 Å². The van der Waals surface area contributed by atoms with E-state index in [2.05, 4.69) is 4.98 Å². The van der Waals surface area contributed by atoms with Crippen LogP contribution in [0.15, 0.2) is 24.4 Å². The smallest absolute Gasteiger partial charge is 0.132 e. The largest absolute Gasteiger partial charge is 0.258 e. The summed E-state index contributed by atoms with van der Waals surface area (Å²) >= 11 is 0. The average Bonchev–Trinajstić information content (AvgIpc) is 1.90. The predicted molar refractivity (Wildman–Crippen MR) is 33.3 cm³/mol. The van der Waals surface area contributed by atoms with Crippen LogP contribution in [0, 0.1) is 0 Å². The Morgan fingerprint density at radius 3 is 2.67 bits per heavy atom. The summed E-state index contributed by atoms with van der Waals surface area (Å²) in [6.45, 7) is 1.59. The number of rotatable bonds is 1. The van der Waals surface area contributed by atoms with Crippen molar-refractivity contribution in [2.75, 3.05) is 0 Å². The number of hydrogen-bond donors (Lipinski definition) is 0. The maximum Gasteiger partial charge on any atom is 0.132 e. The molecule has 2 nitrogen and oxygen atoms in total. The average molecular weight is 122 g/mol. The summed E-state index contributed by atoms with van der Waals surface area (Å²) in [5.74, 6) is 0. The van der Waals surface area contributed by atoms with E-state index < -0.39 is 6.10 Å². The van der Waals surface area contributed by atoms with Gasteiger partial charge in [0.15, 0.2) is 0 Å². The number of pyridine rings is 1. The van der Waals surface area contributed by atoms with E-state index in [0.717, 1.165) is 0 Å². The predicted octanol–water partition coefficient (Wildman–Crippen LogP) is 1.57. The minimum atomic E-state index is -0.703. The monoisotopic (exact) mass is 122 g/mol. The highest BCUT2D eigenvalue weighted by Gasteiger charge is 1.99. The Morgan fingerprint density at radius 2 is 2.33 bits per heavy atom. The summed E-state index contributed by atoms with van der Waals surface area (Å²) in [6, 6.07) is 5.35. The third kappa shape index (κ3) is 1.50. The van der Waals surface area contributed by atoms with Crippen molar-refractivity contribution in [3.05, 3.63) is 30.1 Å². The van der Waals surface area contributed by atoms with Crippen molar-refractivity contribution in [1.29, 1.82) is 0 Å². The molecule has 0 N–H and O–H groups in total. The molecule has 0 saturated carbocycles. The minimum absolute atomic E-state index is 0.609. The van der Waals surface area contributed by atoms with Crippen molar-refractivity contribution in [1.82, 2.24) is 4.98 Å². The molecule has 2 heteroatoms. The zero-order valence-corrected chi connectivity index (χ0v) is 5.24. The van der Waals surface area contributed by atoms with Crippen LogP contribution in [0.25, 0.3) is 0 Å². The molecule has 47 valence electrons. The van der Waals surface area contributed by atoms with Gasteiger partial charge < -0.3 is 0 Å². The third-order valence-electron chi connectivity index (χ3n) is 1.10. The second-order valence-electron chi connectivity index (χ2n) is 1.90. The van der Waals surface area contributed by atoms with E-state index in [1.165, 1.54) is 0 Å². The molecule has 0 aromatic carbocycles. The second kappa shape index (κ2) is 2.60. The van der Waals surface area contributed by atoms with Gasteiger partial charge in [0.05, 0.1) is 5.69 Å². The standard InChI is InChI=1S/C7H8NO/c1-6(9)7-4-2-3-5-8-7/h2-6H,1H3/t6-/m1/s1. The molecule has 0 aliphatic rings. The maximum atomic E-state index is 10.7. The van der Waals surface area contributed by atoms with E-state index in [9.17, 15) is 5.11 Å². The summed E-state index contributed by atoms with van der Waals surface area (Å²) in [5.41, 5.74) is 0.609. The van der Waals surface area contributed by atoms with E-state index in [1.54, 1.807) is 25.3 Å². The summed E-state index contributed by atoms with van der Waals surface area (Å²) in [6.07, 6.45) is 0.926. The third-order valence-corrected chi connectivity index (χ3v) is 1.10. The van der Waals surface area contributed by atoms with E-state index in [0.29, 0.717) is 5.69 Å². The normalized spacial score (nSPS) is 13.1. The van der Waals surface area contributed by atoms with Crippen LogP contribution in [0.3, 0.4) is 0 Å². The quantitative estimate of drug-likeness (QED) is 0.556. The Labute approximate surface area is 54.2 Å². The van der Waals surface area contributed by atoms with Gasteiger partial charge in [0.25, 0.3) is 0 Å². The van der Waals surface area contributed by atoms with E-state index in [4.69, 9.17) is 0 Å². The van der Waals surface area contributed by atoms with Gasteiger partial charge in [0.1, 0.15) is 6.10 Å². The van der Waals surface area contributed by atoms with Crippen LogP contribution >= 0.6 is 0 Å². The Hall–Kier alpha value is -0.890. The highest BCUT2D eigenvalue weighted by atomic mass is 16.3. The molecule has 0 aliphatic heterocycles. The Bertz CT molecular complexity index is 172. The van der Waals surface area contributed by atoms with Crippen LogP contribution in [-0.2, 0) is 5.11 Å². The lowest BCUT2D eigenvalue weighted by atomic mass is 10.2. The Morgan fingerprint density at radius 1 is 1.56 bits per heavy atom. The molecule has 9 heavy (non-hydrogen) atoms. The lowest BCUT2D eigenvalue weighted by Crippen LogP contribution is -1.90. The van der Waals surface area contributed by atoms with Gasteiger partial charge in [0.2, 0.25) is 0 Å². The van der Waals surface area contributed by atoms with E-state index >= 15 is 0 Å². The molecule has 0 saturated heterocycles. The fraction of sp³-hybridized carbons (Fsp3) is 0.286. The van der Waals surface area contributed by atoms with Gasteiger partial charge in [0, 0.05) is 6.20 Å². The van der Waals surface area contributed by atoms with E-state index in [-0.39, 0.29) is 0 Å². The van der Waals surface area contributed by atoms with Crippen molar-refractivity contribution in [3.8, 4) is 0 Å². The summed E-state index contributed by atoms with van der Waals surface area (Å²) in [4.78, 5) is 3.87. The van der Waals surface area contributed by atoms with Gasteiger partial charge >= 0.3 is 0 Å². The zero-order valence-electron chi connectivity index (χ0n) is 5.24. The number of nitrogens with zero attached hydrogens (tertiary/aromatic N) is 1. The number of hydrogen-bond acceptors (Lipinski definition) is 1. The van der Waals surface area contributed by atoms with Gasteiger partial charge in [-0.3, -0.25) is 4.98 Å². The first kappa shape index (κ1) is 6.23. The second-order valence-corrected chi connectivity index (χ2v) is 1.90. The van der Waals surface area contributed by atoms with Gasteiger partial charge in [-0.05, 0) is 19.1 Å². The Kier molecular flexibility index (Phi) is 1.80. The first-order valence-corrected chi connectivity index (χ1v) is 2.87. The number of aromatic nitrogens is 1. The molecule has 0 spiro atoms. The molecular weight excluding hydrogens is 114 g/mol. The molecule has 0 fully saturated rings. The van der Waals surface area contributed by atoms with Crippen molar-refractivity contribution in [2.45, 2.75) is 13.0 Å². The van der Waals surface area contributed by atoms with Crippen LogP contribution < -0.4 is 0 Å². The van der Waals surface area contributed by atoms with Crippen LogP contribution in [0.1, 0.15) is 18.7 Å². The molecule has 1 radical (unpaired) electrons. The lowest BCUT2D eigenvalue weighted by molar-refractivity contribution is 0.102. The molecule has 0 amide bonds. The van der Waals surface area contributed by atoms with Gasteiger partial charge in [-0.1, -0.05) is 6.07 Å². The van der Waals surface area contributed by atoms with Crippen LogP contribution in [0.5, 0.6) is 0 Å². The molecule has 1 atom stereocenters. The Balaban J connectivity index is 2.85. The van der Waals surface area contributed by atoms with Crippen LogP contribution in [-0.4, -0.2) is 4.98 Å². The summed E-state index contributed by atoms with van der Waals surface area (Å²) in [7, 11) is 0. The van der Waals surface area contributed by atoms with Crippen LogP contribution in [0.2, 0.25) is 0 Å². The van der Waals surface area contributed by atoms with Crippen molar-refractivity contribution < 1.29 is 5.11 Å². The first-order chi connectivity index (χ1) is 4.30. The minimum Gasteiger partial charge on any atom is -0.258 e. The maximum absolute atomic E-state index is 10.7. The molecule has 0 unspecified atom stereocenters. The van der Waals surface area contributed by atoms with Crippen molar-refractivity contribution in [3.63, 3.8) is 0 Å². The first-order valence-electron chi connectivity index (χ1n) is 2.87. The van der Waals surface area contributed by atoms with Crippen LogP contribution in [0.4, 0.5) is 0 Å². The van der Waals surface area contributed by atoms with Gasteiger partial charge in [-0.25, -0.2) is 5.11 Å². The SMILES string of the molecule is C[C@@H]([O])c1ccccn1. The highest BCUT2D eigenvalue weighted by molar-refractivity contribution is 5.05. The molecule has 1 aromatic rings. The lowest BCUT2D eigenvalue weighted by Gasteiger charge is -1.96. The topological polar surface area (TPSA) is 32.8 Å². The molecule has 1 rings (SSSR count). The molecule has 1 aromatic heterocycles. The summed E-state index contributed by atoms with van der Waals surface area (Å²) in [5, 5.41) is 10.7. The molecule has 1 heterocycles. The van der Waals surface area contributed by atoms with Gasteiger partial charge in [-0.2, -0.15) is 0 Å². The molecule has 0 aliphatic carbocycles. The molecular formula is C7H8NO. The summed E-state index contributed by atoms with van der Waals surface area (Å²) < 4.78 is 0. The highest BCUT2D eigenvalue weighted by Crippen LogP contribution is 2.06.